The molecule has 7 nitrogen and oxygen atoms in total. The lowest BCUT2D eigenvalue weighted by molar-refractivity contribution is 0.275. The van der Waals surface area contributed by atoms with E-state index in [2.05, 4.69) is 19.7 Å². The van der Waals surface area contributed by atoms with Crippen molar-refractivity contribution >= 4 is 19.4 Å². The molecule has 0 aliphatic heterocycles. The Hall–Kier alpha value is -0.620. The highest BCUT2D eigenvalue weighted by atomic mass is 35.5. The molecule has 0 aliphatic carbocycles. The normalized spacial score (nSPS) is 11.5. The summed E-state index contributed by atoms with van der Waals surface area (Å²) in [7, 11) is -4.58. The Morgan fingerprint density at radius 1 is 1.64 bits per heavy atom. The molecule has 1 aromatic rings. The van der Waals surface area contributed by atoms with Crippen LogP contribution < -0.4 is 4.52 Å². The molecule has 0 aliphatic rings. The lowest BCUT2D eigenvalue weighted by atomic mass is 11.2. The second-order valence-electron chi connectivity index (χ2n) is 1.49. The van der Waals surface area contributed by atoms with Crippen molar-refractivity contribution in [2.24, 2.45) is 0 Å². The van der Waals surface area contributed by atoms with Gasteiger partial charge >= 0.3 is 13.8 Å². The van der Waals surface area contributed by atoms with Gasteiger partial charge in [-0.05, 0) is 11.6 Å². The van der Waals surface area contributed by atoms with Crippen LogP contribution in [0.25, 0.3) is 0 Å². The van der Waals surface area contributed by atoms with Crippen LogP contribution in [0.1, 0.15) is 0 Å². The SMILES string of the molecule is O=P(O)(O)Oc1n[nH]c(Cl)n1. The van der Waals surface area contributed by atoms with Crippen LogP contribution in [0.3, 0.4) is 0 Å². The molecular weight excluding hydrogens is 196 g/mol. The summed E-state index contributed by atoms with van der Waals surface area (Å²) >= 11 is 5.23. The number of phosphoric ester groups is 1. The van der Waals surface area contributed by atoms with Crippen LogP contribution in [0.4, 0.5) is 0 Å². The van der Waals surface area contributed by atoms with E-state index in [0.29, 0.717) is 0 Å². The molecule has 0 fully saturated rings. The summed E-state index contributed by atoms with van der Waals surface area (Å²) in [6, 6.07) is -0.483. The lowest BCUT2D eigenvalue weighted by Crippen LogP contribution is -1.91. The van der Waals surface area contributed by atoms with Gasteiger partial charge in [0.15, 0.2) is 0 Å². The minimum Gasteiger partial charge on any atom is -0.367 e. The first-order chi connectivity index (χ1) is 4.97. The molecule has 11 heavy (non-hydrogen) atoms. The monoisotopic (exact) mass is 199 g/mol. The molecular formula is C2H3ClN3O4P. The maximum atomic E-state index is 10.1. The van der Waals surface area contributed by atoms with Crippen LogP contribution in [0.2, 0.25) is 5.28 Å². The minimum atomic E-state index is -4.58. The Morgan fingerprint density at radius 2 is 2.27 bits per heavy atom. The number of hydrogen-bond donors (Lipinski definition) is 3. The van der Waals surface area contributed by atoms with Crippen molar-refractivity contribution in [2.45, 2.75) is 0 Å². The van der Waals surface area contributed by atoms with E-state index in [4.69, 9.17) is 21.4 Å². The van der Waals surface area contributed by atoms with Crippen molar-refractivity contribution < 1.29 is 18.9 Å². The average molecular weight is 199 g/mol. The molecule has 0 radical (unpaired) electrons. The quantitative estimate of drug-likeness (QED) is 0.576. The van der Waals surface area contributed by atoms with E-state index in [1.807, 2.05) is 0 Å². The van der Waals surface area contributed by atoms with E-state index in [-0.39, 0.29) is 5.28 Å². The highest BCUT2D eigenvalue weighted by Gasteiger charge is 2.18. The van der Waals surface area contributed by atoms with Gasteiger partial charge in [-0.2, -0.15) is 4.98 Å². The highest BCUT2D eigenvalue weighted by Crippen LogP contribution is 2.35. The Labute approximate surface area is 65.6 Å². The summed E-state index contributed by atoms with van der Waals surface area (Å²) in [6.07, 6.45) is 0. The first-order valence-corrected chi connectivity index (χ1v) is 4.21. The first kappa shape index (κ1) is 8.48. The molecule has 0 aromatic carbocycles. The molecule has 62 valence electrons. The van der Waals surface area contributed by atoms with Gasteiger partial charge in [0.25, 0.3) is 0 Å². The zero-order valence-electron chi connectivity index (χ0n) is 4.93. The van der Waals surface area contributed by atoms with Crippen LogP contribution in [-0.2, 0) is 4.57 Å². The number of hydrogen-bond acceptors (Lipinski definition) is 4. The van der Waals surface area contributed by atoms with Crippen LogP contribution in [-0.4, -0.2) is 25.0 Å². The number of nitrogens with one attached hydrogen (secondary N) is 1. The fourth-order valence-electron chi connectivity index (χ4n) is 0.375. The molecule has 0 amide bonds. The van der Waals surface area contributed by atoms with Gasteiger partial charge in [0.2, 0.25) is 5.28 Å². The van der Waals surface area contributed by atoms with Crippen LogP contribution >= 0.6 is 19.4 Å². The number of halogens is 1. The van der Waals surface area contributed by atoms with Crippen molar-refractivity contribution in [1.82, 2.24) is 15.2 Å². The third kappa shape index (κ3) is 2.85. The zero-order valence-corrected chi connectivity index (χ0v) is 6.58. The number of aromatic nitrogens is 3. The summed E-state index contributed by atoms with van der Waals surface area (Å²) in [5.74, 6) is 0. The topological polar surface area (TPSA) is 108 Å². The van der Waals surface area contributed by atoms with Gasteiger partial charge in [0.1, 0.15) is 0 Å². The van der Waals surface area contributed by atoms with Crippen LogP contribution in [0.15, 0.2) is 0 Å². The number of nitrogens with zero attached hydrogens (tertiary/aromatic N) is 2. The van der Waals surface area contributed by atoms with E-state index in [1.54, 1.807) is 0 Å². The van der Waals surface area contributed by atoms with Crippen LogP contribution in [0, 0.1) is 0 Å². The molecule has 1 rings (SSSR count). The van der Waals surface area contributed by atoms with Gasteiger partial charge in [-0.15, -0.1) is 5.10 Å². The van der Waals surface area contributed by atoms with Gasteiger partial charge in [0, 0.05) is 0 Å². The smallest absolute Gasteiger partial charge is 0.367 e. The lowest BCUT2D eigenvalue weighted by Gasteiger charge is -1.99. The standard InChI is InChI=1S/C2H3ClN3O4P/c3-1-4-2(6-5-1)10-11(7,8)9/h(H,4,5,6)(H2,7,8,9). The predicted molar refractivity (Wildman–Crippen MR) is 34.1 cm³/mol. The molecule has 1 aromatic heterocycles. The molecule has 3 N–H and O–H groups in total. The highest BCUT2D eigenvalue weighted by molar-refractivity contribution is 7.46. The number of H-pyrrole nitrogens is 1. The summed E-state index contributed by atoms with van der Waals surface area (Å²) in [5.41, 5.74) is 0. The number of aromatic amines is 1. The van der Waals surface area contributed by atoms with Gasteiger partial charge in [-0.1, -0.05) is 0 Å². The third-order valence-electron chi connectivity index (χ3n) is 0.638. The second kappa shape index (κ2) is 2.78. The van der Waals surface area contributed by atoms with E-state index < -0.39 is 13.8 Å². The van der Waals surface area contributed by atoms with Crippen molar-refractivity contribution in [3.05, 3.63) is 5.28 Å². The van der Waals surface area contributed by atoms with Gasteiger partial charge in [-0.25, -0.2) is 9.66 Å². The van der Waals surface area contributed by atoms with E-state index in [1.165, 1.54) is 0 Å². The third-order valence-corrected chi connectivity index (χ3v) is 1.21. The van der Waals surface area contributed by atoms with Gasteiger partial charge < -0.3 is 4.52 Å². The average Bonchev–Trinajstić information content (AvgIpc) is 2.10. The van der Waals surface area contributed by atoms with E-state index in [0.717, 1.165) is 0 Å². The van der Waals surface area contributed by atoms with Crippen molar-refractivity contribution in [2.75, 3.05) is 0 Å². The van der Waals surface area contributed by atoms with Crippen molar-refractivity contribution in [3.63, 3.8) is 0 Å². The summed E-state index contributed by atoms with van der Waals surface area (Å²) in [6.45, 7) is 0. The maximum absolute atomic E-state index is 10.1. The Kier molecular flexibility index (Phi) is 2.15. The van der Waals surface area contributed by atoms with Crippen molar-refractivity contribution in [1.29, 1.82) is 0 Å². The molecule has 0 bridgehead atoms. The fourth-order valence-corrected chi connectivity index (χ4v) is 0.784. The van der Waals surface area contributed by atoms with Crippen LogP contribution in [0.5, 0.6) is 6.01 Å². The first-order valence-electron chi connectivity index (χ1n) is 2.30. The maximum Gasteiger partial charge on any atom is 0.527 e. The summed E-state index contributed by atoms with van der Waals surface area (Å²) in [4.78, 5) is 19.7. The van der Waals surface area contributed by atoms with Gasteiger partial charge in [0.05, 0.1) is 0 Å². The molecule has 0 saturated heterocycles. The number of phosphoric acid groups is 1. The van der Waals surface area contributed by atoms with Crippen molar-refractivity contribution in [3.8, 4) is 6.01 Å². The Bertz CT molecular complexity index is 293. The Morgan fingerprint density at radius 3 is 2.64 bits per heavy atom. The fraction of sp³-hybridized carbons (Fsp3) is 0. The summed E-state index contributed by atoms with van der Waals surface area (Å²) in [5, 5.41) is 5.24. The zero-order chi connectivity index (χ0) is 8.48. The largest absolute Gasteiger partial charge is 0.527 e. The molecule has 1 heterocycles. The van der Waals surface area contributed by atoms with Gasteiger partial charge in [-0.3, -0.25) is 9.79 Å². The number of rotatable bonds is 2. The molecule has 0 unspecified atom stereocenters. The molecule has 0 atom stereocenters. The molecule has 0 spiro atoms. The minimum absolute atomic E-state index is 0.103. The Balaban J connectivity index is 2.73. The van der Waals surface area contributed by atoms with E-state index in [9.17, 15) is 4.57 Å². The molecule has 0 saturated carbocycles. The second-order valence-corrected chi connectivity index (χ2v) is 3.01. The van der Waals surface area contributed by atoms with E-state index >= 15 is 0 Å². The predicted octanol–water partition coefficient (Wildman–Crippen LogP) is -0.0704. The summed E-state index contributed by atoms with van der Waals surface area (Å²) < 4.78 is 14.1. The molecule has 9 heteroatoms.